The highest BCUT2D eigenvalue weighted by atomic mass is 16.1. The molecule has 3 aliphatic rings. The molecule has 7 nitrogen and oxygen atoms in total. The number of H-pyrrole nitrogens is 1. The van der Waals surface area contributed by atoms with Gasteiger partial charge in [-0.2, -0.15) is 0 Å². The number of nitrogens with one attached hydrogen (secondary N) is 1. The molecule has 226 valence electrons. The molecule has 45 heavy (non-hydrogen) atoms. The maximum Gasteiger partial charge on any atom is 0.147 e. The van der Waals surface area contributed by atoms with Crippen molar-refractivity contribution in [3.63, 3.8) is 0 Å². The van der Waals surface area contributed by atoms with Gasteiger partial charge in [-0.05, 0) is 84.3 Å². The first-order valence-corrected chi connectivity index (χ1v) is 16.1. The van der Waals surface area contributed by atoms with Crippen molar-refractivity contribution < 1.29 is 4.79 Å². The number of nitrogens with zero attached hydrogens (tertiary/aromatic N) is 5. The van der Waals surface area contributed by atoms with Crippen molar-refractivity contribution in [2.75, 3.05) is 38.1 Å². The van der Waals surface area contributed by atoms with Crippen LogP contribution < -0.4 is 4.90 Å². The summed E-state index contributed by atoms with van der Waals surface area (Å²) in [6.07, 6.45) is 9.42. The highest BCUT2D eigenvalue weighted by Crippen LogP contribution is 2.43. The predicted molar refractivity (Wildman–Crippen MR) is 181 cm³/mol. The van der Waals surface area contributed by atoms with Gasteiger partial charge in [0.25, 0.3) is 0 Å². The standard InChI is InChI=1S/C38H38N6O/c1-25-31(4-3-5-35(25)44-15-14-30-20-29(27-10-11-27)12-13-32(30)36(44)23-45)37-33-21-34(41-38(33)40-24-39-37)28-8-6-26(7-9-28)22-43-18-16-42(2)17-19-43/h3-9,12-15,20-21,23-24,27,36H,10-11,16-19,22H2,1-2H3,(H,39,40,41). The smallest absolute Gasteiger partial charge is 0.147 e. The van der Waals surface area contributed by atoms with Gasteiger partial charge in [0, 0.05) is 61.3 Å². The topological polar surface area (TPSA) is 68.4 Å². The Bertz CT molecular complexity index is 1910. The van der Waals surface area contributed by atoms with Gasteiger partial charge in [0.15, 0.2) is 0 Å². The Morgan fingerprint density at radius 3 is 2.56 bits per heavy atom. The molecule has 5 aromatic rings. The van der Waals surface area contributed by atoms with E-state index < -0.39 is 0 Å². The Morgan fingerprint density at radius 1 is 0.956 bits per heavy atom. The number of carbonyl (C=O) groups is 1. The van der Waals surface area contributed by atoms with Crippen LogP contribution in [-0.4, -0.2) is 64.3 Å². The fourth-order valence-corrected chi connectivity index (χ4v) is 6.97. The van der Waals surface area contributed by atoms with Gasteiger partial charge in [-0.15, -0.1) is 0 Å². The van der Waals surface area contributed by atoms with E-state index in [1.807, 2.05) is 0 Å². The lowest BCUT2D eigenvalue weighted by Crippen LogP contribution is -2.43. The average molecular weight is 595 g/mol. The number of rotatable bonds is 7. The molecule has 4 heterocycles. The molecule has 0 radical (unpaired) electrons. The van der Waals surface area contributed by atoms with Gasteiger partial charge in [0.05, 0.1) is 5.69 Å². The monoisotopic (exact) mass is 594 g/mol. The Morgan fingerprint density at radius 2 is 1.78 bits per heavy atom. The van der Waals surface area contributed by atoms with Gasteiger partial charge in [0.2, 0.25) is 0 Å². The Balaban J connectivity index is 1.09. The number of aromatic nitrogens is 3. The molecule has 1 atom stereocenters. The van der Waals surface area contributed by atoms with E-state index in [-0.39, 0.29) is 6.04 Å². The first kappa shape index (κ1) is 27.9. The van der Waals surface area contributed by atoms with Crippen LogP contribution in [0.3, 0.4) is 0 Å². The number of benzene rings is 3. The second kappa shape index (κ2) is 11.4. The summed E-state index contributed by atoms with van der Waals surface area (Å²) in [4.78, 5) is 32.4. The van der Waals surface area contributed by atoms with E-state index in [0.717, 1.165) is 94.9 Å². The van der Waals surface area contributed by atoms with Crippen LogP contribution in [0.15, 0.2) is 79.3 Å². The molecule has 1 saturated carbocycles. The van der Waals surface area contributed by atoms with Gasteiger partial charge in [-0.3, -0.25) is 4.90 Å². The average Bonchev–Trinajstić information content (AvgIpc) is 3.83. The van der Waals surface area contributed by atoms with E-state index in [1.54, 1.807) is 6.33 Å². The SMILES string of the molecule is Cc1c(-c2ncnc3[nH]c(-c4ccc(CN5CCN(C)CC5)cc4)cc23)cccc1N1C=Cc2cc(C3CC3)ccc2C1C=O. The molecular formula is C38H38N6O. The minimum Gasteiger partial charge on any atom is -0.339 e. The van der Waals surface area contributed by atoms with Crippen molar-refractivity contribution >= 4 is 29.1 Å². The normalized spacial score (nSPS) is 18.8. The predicted octanol–water partition coefficient (Wildman–Crippen LogP) is 6.96. The third kappa shape index (κ3) is 5.26. The van der Waals surface area contributed by atoms with E-state index in [1.165, 1.54) is 24.0 Å². The minimum atomic E-state index is -0.379. The molecule has 2 fully saturated rings. The summed E-state index contributed by atoms with van der Waals surface area (Å²) in [5.41, 5.74) is 11.9. The number of carbonyl (C=O) groups excluding carboxylic acids is 1. The molecule has 1 unspecified atom stereocenters. The first-order valence-electron chi connectivity index (χ1n) is 16.1. The second-order valence-electron chi connectivity index (χ2n) is 12.9. The molecule has 0 amide bonds. The number of piperazine rings is 1. The summed E-state index contributed by atoms with van der Waals surface area (Å²) in [6, 6.07) is 23.5. The Labute approximate surface area is 264 Å². The Kier molecular flexibility index (Phi) is 7.07. The second-order valence-corrected chi connectivity index (χ2v) is 12.9. The first-order chi connectivity index (χ1) is 22.1. The summed E-state index contributed by atoms with van der Waals surface area (Å²) < 4.78 is 0. The molecule has 8 rings (SSSR count). The number of aldehydes is 1. The van der Waals surface area contributed by atoms with Crippen molar-refractivity contribution in [2.45, 2.75) is 38.3 Å². The van der Waals surface area contributed by atoms with Gasteiger partial charge in [-0.25, -0.2) is 9.97 Å². The van der Waals surface area contributed by atoms with Crippen LogP contribution in [0.1, 0.15) is 52.6 Å². The molecule has 0 bridgehead atoms. The summed E-state index contributed by atoms with van der Waals surface area (Å²) in [6.45, 7) is 7.57. The molecule has 3 aromatic carbocycles. The van der Waals surface area contributed by atoms with Crippen LogP contribution in [0.25, 0.3) is 39.6 Å². The van der Waals surface area contributed by atoms with E-state index >= 15 is 0 Å². The summed E-state index contributed by atoms with van der Waals surface area (Å²) in [5, 5.41) is 0.980. The quantitative estimate of drug-likeness (QED) is 0.206. The number of likely N-dealkylation sites (N-methyl/N-ethyl adjacent to an activating group) is 1. The van der Waals surface area contributed by atoms with Crippen LogP contribution >= 0.6 is 0 Å². The lowest BCUT2D eigenvalue weighted by atomic mass is 9.92. The van der Waals surface area contributed by atoms with Crippen molar-refractivity contribution in [1.82, 2.24) is 24.8 Å². The molecular weight excluding hydrogens is 556 g/mol. The highest BCUT2D eigenvalue weighted by molar-refractivity contribution is 5.96. The largest absolute Gasteiger partial charge is 0.339 e. The molecule has 1 N–H and O–H groups in total. The maximum absolute atomic E-state index is 12.5. The fraction of sp³-hybridized carbons (Fsp3) is 0.289. The molecule has 1 aliphatic carbocycles. The third-order valence-electron chi connectivity index (χ3n) is 9.85. The lowest BCUT2D eigenvalue weighted by Gasteiger charge is -2.33. The molecule has 1 saturated heterocycles. The number of aromatic amines is 1. The van der Waals surface area contributed by atoms with Gasteiger partial charge < -0.3 is 19.6 Å². The molecule has 0 spiro atoms. The van der Waals surface area contributed by atoms with Crippen molar-refractivity contribution in [2.24, 2.45) is 0 Å². The van der Waals surface area contributed by atoms with E-state index in [0.29, 0.717) is 5.92 Å². The van der Waals surface area contributed by atoms with Crippen molar-refractivity contribution in [3.8, 4) is 22.5 Å². The van der Waals surface area contributed by atoms with E-state index in [2.05, 4.69) is 118 Å². The summed E-state index contributed by atoms with van der Waals surface area (Å²) >= 11 is 0. The summed E-state index contributed by atoms with van der Waals surface area (Å²) in [5.74, 6) is 0.681. The number of anilines is 1. The van der Waals surface area contributed by atoms with Crippen LogP contribution in [0.4, 0.5) is 5.69 Å². The maximum atomic E-state index is 12.5. The number of hydrogen-bond acceptors (Lipinski definition) is 6. The molecule has 2 aliphatic heterocycles. The molecule has 2 aromatic heterocycles. The van der Waals surface area contributed by atoms with Gasteiger partial charge in [0.1, 0.15) is 24.3 Å². The van der Waals surface area contributed by atoms with E-state index in [9.17, 15) is 4.79 Å². The van der Waals surface area contributed by atoms with Gasteiger partial charge >= 0.3 is 0 Å². The van der Waals surface area contributed by atoms with Crippen LogP contribution in [0.5, 0.6) is 0 Å². The van der Waals surface area contributed by atoms with Crippen LogP contribution in [0.2, 0.25) is 0 Å². The van der Waals surface area contributed by atoms with Crippen molar-refractivity contribution in [1.29, 1.82) is 0 Å². The van der Waals surface area contributed by atoms with Gasteiger partial charge in [-0.1, -0.05) is 54.6 Å². The van der Waals surface area contributed by atoms with Crippen LogP contribution in [-0.2, 0) is 11.3 Å². The van der Waals surface area contributed by atoms with Crippen molar-refractivity contribution in [3.05, 3.63) is 107 Å². The third-order valence-corrected chi connectivity index (χ3v) is 9.85. The zero-order chi connectivity index (χ0) is 30.5. The Hall–Kier alpha value is -4.59. The number of fused-ring (bicyclic) bond motifs is 2. The molecule has 7 heteroatoms. The fourth-order valence-electron chi connectivity index (χ4n) is 6.97. The lowest BCUT2D eigenvalue weighted by molar-refractivity contribution is -0.109. The van der Waals surface area contributed by atoms with Crippen LogP contribution in [0, 0.1) is 6.92 Å². The zero-order valence-electron chi connectivity index (χ0n) is 25.9. The minimum absolute atomic E-state index is 0.379. The number of hydrogen-bond donors (Lipinski definition) is 1. The summed E-state index contributed by atoms with van der Waals surface area (Å²) in [7, 11) is 2.19. The highest BCUT2D eigenvalue weighted by Gasteiger charge is 2.29. The zero-order valence-corrected chi connectivity index (χ0v) is 25.9. The van der Waals surface area contributed by atoms with E-state index in [4.69, 9.17) is 4.98 Å².